The minimum absolute atomic E-state index is 0.458. The Morgan fingerprint density at radius 1 is 1.67 bits per heavy atom. The molecular weight excluding hydrogens is 92.1 g/mol. The molecule has 0 N–H and O–H groups in total. The van der Waals surface area contributed by atoms with Crippen LogP contribution in [-0.4, -0.2) is 11.0 Å². The maximum atomic E-state index is 3.96. The number of hydrogen-bond acceptors (Lipinski definition) is 1. The predicted molar refractivity (Wildman–Crippen MR) is 30.8 cm³/mol. The summed E-state index contributed by atoms with van der Waals surface area (Å²) in [6.45, 7) is 3.96. The van der Waals surface area contributed by atoms with Gasteiger partial charge in [0.1, 0.15) is 0 Å². The van der Waals surface area contributed by atoms with Crippen LogP contribution in [0.5, 0.6) is 0 Å². The summed E-state index contributed by atoms with van der Waals surface area (Å²) in [5.74, 6) is 0. The maximum absolute atomic E-state index is 3.96. The van der Waals surface area contributed by atoms with Crippen LogP contribution in [0.3, 0.4) is 0 Å². The Morgan fingerprint density at radius 2 is 2.17 bits per heavy atom. The lowest BCUT2D eigenvalue weighted by Gasteiger charge is -1.96. The van der Waals surface area contributed by atoms with Gasteiger partial charge in [-0.05, 0) is 26.0 Å². The molecule has 0 atom stereocenters. The predicted octanol–water partition coefficient (Wildman–Crippen LogP) is 1.72. The summed E-state index contributed by atoms with van der Waals surface area (Å²) in [7, 11) is 0. The molecule has 0 aliphatic heterocycles. The Balaban J connectivity index is 2.28. The molecule has 6 heavy (non-hydrogen) atoms. The molecular formula is C5H9S. The first-order valence-electron chi connectivity index (χ1n) is 2.17. The van der Waals surface area contributed by atoms with Crippen molar-refractivity contribution in [3.8, 4) is 0 Å². The molecule has 0 bridgehead atoms. The van der Waals surface area contributed by atoms with Gasteiger partial charge in [-0.3, -0.25) is 0 Å². The first kappa shape index (κ1) is 4.51. The van der Waals surface area contributed by atoms with Crippen molar-refractivity contribution < 1.29 is 0 Å². The van der Waals surface area contributed by atoms with Gasteiger partial charge in [0.2, 0.25) is 0 Å². The first-order chi connectivity index (χ1) is 2.77. The zero-order valence-electron chi connectivity index (χ0n) is 4.03. The van der Waals surface area contributed by atoms with E-state index < -0.39 is 0 Å². The van der Waals surface area contributed by atoms with Crippen LogP contribution in [0.1, 0.15) is 12.8 Å². The molecule has 35 valence electrons. The van der Waals surface area contributed by atoms with Gasteiger partial charge in [0.05, 0.1) is 0 Å². The van der Waals surface area contributed by atoms with E-state index in [2.05, 4.69) is 13.2 Å². The van der Waals surface area contributed by atoms with Gasteiger partial charge < -0.3 is 0 Å². The second-order valence-corrected chi connectivity index (χ2v) is 3.16. The zero-order chi connectivity index (χ0) is 4.62. The van der Waals surface area contributed by atoms with E-state index in [1.165, 1.54) is 12.8 Å². The fourth-order valence-corrected chi connectivity index (χ4v) is 0.854. The molecule has 1 aliphatic carbocycles. The lowest BCUT2D eigenvalue weighted by atomic mass is 10.5. The summed E-state index contributed by atoms with van der Waals surface area (Å²) in [6, 6.07) is 0. The van der Waals surface area contributed by atoms with E-state index in [0.29, 0.717) is 4.75 Å². The van der Waals surface area contributed by atoms with Crippen LogP contribution < -0.4 is 0 Å². The minimum atomic E-state index is 0.458. The summed E-state index contributed by atoms with van der Waals surface area (Å²) in [6.07, 6.45) is 4.78. The molecule has 0 aromatic rings. The van der Waals surface area contributed by atoms with Crippen molar-refractivity contribution in [3.05, 3.63) is 6.92 Å². The average Bonchev–Trinajstić information content (AvgIpc) is 2.22. The first-order valence-corrected chi connectivity index (χ1v) is 3.40. The topological polar surface area (TPSA) is 0 Å². The Hall–Kier alpha value is 0.350. The van der Waals surface area contributed by atoms with Crippen molar-refractivity contribution in [2.45, 2.75) is 17.6 Å². The van der Waals surface area contributed by atoms with Crippen molar-refractivity contribution in [2.24, 2.45) is 0 Å². The molecule has 0 aromatic carbocycles. The molecule has 1 saturated carbocycles. The van der Waals surface area contributed by atoms with Crippen LogP contribution in [0.25, 0.3) is 0 Å². The molecule has 1 aliphatic rings. The molecule has 0 aromatic heterocycles. The highest BCUT2D eigenvalue weighted by Gasteiger charge is 2.35. The van der Waals surface area contributed by atoms with Gasteiger partial charge in [-0.2, -0.15) is 11.8 Å². The second kappa shape index (κ2) is 1.16. The van der Waals surface area contributed by atoms with E-state index >= 15 is 0 Å². The smallest absolute Gasteiger partial charge is 0.0158 e. The van der Waals surface area contributed by atoms with Gasteiger partial charge in [0.15, 0.2) is 0 Å². The Bertz CT molecular complexity index is 55.0. The Morgan fingerprint density at radius 3 is 2.17 bits per heavy atom. The van der Waals surface area contributed by atoms with Gasteiger partial charge >= 0.3 is 0 Å². The van der Waals surface area contributed by atoms with Crippen LogP contribution in [0.4, 0.5) is 0 Å². The molecule has 0 unspecified atom stereocenters. The molecule has 1 heteroatoms. The second-order valence-electron chi connectivity index (χ2n) is 1.89. The maximum Gasteiger partial charge on any atom is 0.0158 e. The number of hydrogen-bond donors (Lipinski definition) is 0. The van der Waals surface area contributed by atoms with Crippen LogP contribution >= 0.6 is 11.8 Å². The Labute approximate surface area is 43.3 Å². The molecule has 0 saturated heterocycles. The van der Waals surface area contributed by atoms with Crippen LogP contribution in [-0.2, 0) is 0 Å². The summed E-state index contributed by atoms with van der Waals surface area (Å²) >= 11 is 1.88. The molecule has 1 rings (SSSR count). The molecule has 1 radical (unpaired) electrons. The van der Waals surface area contributed by atoms with Gasteiger partial charge in [-0.25, -0.2) is 0 Å². The largest absolute Gasteiger partial charge is 0.159 e. The fourth-order valence-electron chi connectivity index (χ4n) is 0.344. The van der Waals surface area contributed by atoms with E-state index in [0.717, 1.165) is 0 Å². The van der Waals surface area contributed by atoms with E-state index in [-0.39, 0.29) is 0 Å². The van der Waals surface area contributed by atoms with Gasteiger partial charge in [-0.1, -0.05) is 0 Å². The van der Waals surface area contributed by atoms with E-state index in [1.807, 2.05) is 11.8 Å². The molecule has 0 spiro atoms. The third-order valence-electron chi connectivity index (χ3n) is 1.24. The van der Waals surface area contributed by atoms with Gasteiger partial charge in [0.25, 0.3) is 0 Å². The van der Waals surface area contributed by atoms with Gasteiger partial charge in [-0.15, -0.1) is 0 Å². The third-order valence-corrected chi connectivity index (χ3v) is 2.51. The SMILES string of the molecule is [CH2]C1(SC)CC1. The van der Waals surface area contributed by atoms with E-state index in [9.17, 15) is 0 Å². The lowest BCUT2D eigenvalue weighted by Crippen LogP contribution is -1.89. The van der Waals surface area contributed by atoms with E-state index in [1.54, 1.807) is 0 Å². The fraction of sp³-hybridized carbons (Fsp3) is 0.800. The molecule has 0 amide bonds. The van der Waals surface area contributed by atoms with Gasteiger partial charge in [0, 0.05) is 4.75 Å². The number of rotatable bonds is 1. The van der Waals surface area contributed by atoms with Crippen molar-refractivity contribution in [2.75, 3.05) is 6.26 Å². The van der Waals surface area contributed by atoms with Crippen molar-refractivity contribution >= 4 is 11.8 Å². The normalized spacial score (nSPS) is 27.0. The summed E-state index contributed by atoms with van der Waals surface area (Å²) in [4.78, 5) is 0. The standard InChI is InChI=1S/C5H9S/c1-5(6-2)3-4-5/h1,3-4H2,2H3. The molecule has 0 heterocycles. The van der Waals surface area contributed by atoms with Crippen LogP contribution in [0.15, 0.2) is 0 Å². The van der Waals surface area contributed by atoms with Crippen LogP contribution in [0.2, 0.25) is 0 Å². The highest BCUT2D eigenvalue weighted by Crippen LogP contribution is 2.45. The molecule has 0 nitrogen and oxygen atoms in total. The van der Waals surface area contributed by atoms with Crippen molar-refractivity contribution in [3.63, 3.8) is 0 Å². The highest BCUT2D eigenvalue weighted by atomic mass is 32.2. The quantitative estimate of drug-likeness (QED) is 0.484. The number of thioether (sulfide) groups is 1. The Kier molecular flexibility index (Phi) is 0.870. The van der Waals surface area contributed by atoms with E-state index in [4.69, 9.17) is 0 Å². The monoisotopic (exact) mass is 101 g/mol. The lowest BCUT2D eigenvalue weighted by molar-refractivity contribution is 1.20. The average molecular weight is 101 g/mol. The minimum Gasteiger partial charge on any atom is -0.159 e. The highest BCUT2D eigenvalue weighted by molar-refractivity contribution is 8.00. The third kappa shape index (κ3) is 0.700. The summed E-state index contributed by atoms with van der Waals surface area (Å²) in [5, 5.41) is 0. The zero-order valence-corrected chi connectivity index (χ0v) is 4.85. The summed E-state index contributed by atoms with van der Waals surface area (Å²) < 4.78 is 0.458. The van der Waals surface area contributed by atoms with Crippen LogP contribution in [0, 0.1) is 6.92 Å². The molecule has 1 fully saturated rings. The summed E-state index contributed by atoms with van der Waals surface area (Å²) in [5.41, 5.74) is 0. The van der Waals surface area contributed by atoms with Crippen molar-refractivity contribution in [1.29, 1.82) is 0 Å². The van der Waals surface area contributed by atoms with Crippen molar-refractivity contribution in [1.82, 2.24) is 0 Å².